The van der Waals surface area contributed by atoms with Gasteiger partial charge in [-0.05, 0) is 37.6 Å². The van der Waals surface area contributed by atoms with Crippen molar-refractivity contribution in [1.29, 1.82) is 0 Å². The van der Waals surface area contributed by atoms with Crippen LogP contribution in [0.5, 0.6) is 0 Å². The standard InChI is InChI=1S/C13H20N2O2S/c1-14-8-4-10-18(16,17)15-9-7-12-5-2-3-6-13(12)11-15/h2-3,5-6,14H,4,7-11H2,1H3. The molecule has 100 valence electrons. The monoisotopic (exact) mass is 268 g/mol. The highest BCUT2D eigenvalue weighted by Gasteiger charge is 2.25. The third-order valence-electron chi connectivity index (χ3n) is 3.32. The second kappa shape index (κ2) is 5.82. The van der Waals surface area contributed by atoms with Crippen molar-refractivity contribution in [2.75, 3.05) is 25.9 Å². The van der Waals surface area contributed by atoms with E-state index in [1.807, 2.05) is 25.2 Å². The van der Waals surface area contributed by atoms with Crippen LogP contribution in [0.25, 0.3) is 0 Å². The molecule has 0 radical (unpaired) electrons. The highest BCUT2D eigenvalue weighted by molar-refractivity contribution is 7.89. The molecule has 1 aromatic rings. The van der Waals surface area contributed by atoms with E-state index in [0.717, 1.165) is 18.5 Å². The van der Waals surface area contributed by atoms with Crippen LogP contribution in [0.2, 0.25) is 0 Å². The fraction of sp³-hybridized carbons (Fsp3) is 0.538. The smallest absolute Gasteiger partial charge is 0.214 e. The van der Waals surface area contributed by atoms with Crippen molar-refractivity contribution in [2.24, 2.45) is 0 Å². The molecule has 1 heterocycles. The van der Waals surface area contributed by atoms with Gasteiger partial charge in [-0.25, -0.2) is 8.42 Å². The SMILES string of the molecule is CNCCCS(=O)(=O)N1CCc2ccccc2C1. The van der Waals surface area contributed by atoms with Crippen LogP contribution in [0.15, 0.2) is 24.3 Å². The molecule has 2 rings (SSSR count). The van der Waals surface area contributed by atoms with Crippen molar-refractivity contribution in [3.63, 3.8) is 0 Å². The van der Waals surface area contributed by atoms with E-state index < -0.39 is 10.0 Å². The lowest BCUT2D eigenvalue weighted by atomic mass is 10.0. The molecule has 0 spiro atoms. The lowest BCUT2D eigenvalue weighted by Gasteiger charge is -2.28. The maximum atomic E-state index is 12.2. The van der Waals surface area contributed by atoms with Gasteiger partial charge in [-0.2, -0.15) is 4.31 Å². The van der Waals surface area contributed by atoms with Crippen LogP contribution in [0.1, 0.15) is 17.5 Å². The molecule has 0 aromatic heterocycles. The average Bonchev–Trinajstić information content (AvgIpc) is 2.38. The number of benzene rings is 1. The van der Waals surface area contributed by atoms with Crippen LogP contribution in [-0.4, -0.2) is 38.6 Å². The van der Waals surface area contributed by atoms with Crippen LogP contribution in [0, 0.1) is 0 Å². The summed E-state index contributed by atoms with van der Waals surface area (Å²) in [5, 5.41) is 2.98. The van der Waals surface area contributed by atoms with E-state index in [0.29, 0.717) is 19.5 Å². The van der Waals surface area contributed by atoms with Gasteiger partial charge in [-0.15, -0.1) is 0 Å². The lowest BCUT2D eigenvalue weighted by molar-refractivity contribution is 0.390. The summed E-state index contributed by atoms with van der Waals surface area (Å²) in [7, 11) is -1.27. The Morgan fingerprint density at radius 1 is 1.28 bits per heavy atom. The van der Waals surface area contributed by atoms with E-state index in [4.69, 9.17) is 0 Å². The van der Waals surface area contributed by atoms with Crippen LogP contribution in [-0.2, 0) is 23.0 Å². The van der Waals surface area contributed by atoms with Crippen LogP contribution >= 0.6 is 0 Å². The van der Waals surface area contributed by atoms with Gasteiger partial charge in [-0.3, -0.25) is 0 Å². The molecule has 0 fully saturated rings. The molecule has 0 atom stereocenters. The number of nitrogens with zero attached hydrogens (tertiary/aromatic N) is 1. The molecule has 18 heavy (non-hydrogen) atoms. The molecule has 0 amide bonds. The van der Waals surface area contributed by atoms with Crippen molar-refractivity contribution in [3.05, 3.63) is 35.4 Å². The molecule has 4 nitrogen and oxygen atoms in total. The Morgan fingerprint density at radius 2 is 2.00 bits per heavy atom. The Labute approximate surface area is 109 Å². The number of hydrogen-bond donors (Lipinski definition) is 1. The molecule has 0 saturated heterocycles. The van der Waals surface area contributed by atoms with E-state index in [2.05, 4.69) is 11.4 Å². The topological polar surface area (TPSA) is 49.4 Å². The third kappa shape index (κ3) is 3.10. The minimum atomic E-state index is -3.10. The number of sulfonamides is 1. The second-order valence-corrected chi connectivity index (χ2v) is 6.71. The van der Waals surface area contributed by atoms with Crippen molar-refractivity contribution < 1.29 is 8.42 Å². The number of hydrogen-bond acceptors (Lipinski definition) is 3. The summed E-state index contributed by atoms with van der Waals surface area (Å²) in [6.45, 7) is 1.88. The summed E-state index contributed by atoms with van der Waals surface area (Å²) >= 11 is 0. The summed E-state index contributed by atoms with van der Waals surface area (Å²) < 4.78 is 26.0. The van der Waals surface area contributed by atoms with Gasteiger partial charge in [0, 0.05) is 13.1 Å². The van der Waals surface area contributed by atoms with Gasteiger partial charge in [0.1, 0.15) is 0 Å². The van der Waals surface area contributed by atoms with Crippen molar-refractivity contribution >= 4 is 10.0 Å². The molecule has 5 heteroatoms. The molecule has 1 aromatic carbocycles. The maximum Gasteiger partial charge on any atom is 0.214 e. The first kappa shape index (κ1) is 13.5. The van der Waals surface area contributed by atoms with Gasteiger partial charge in [0.15, 0.2) is 0 Å². The first-order chi connectivity index (χ1) is 8.63. The largest absolute Gasteiger partial charge is 0.320 e. The first-order valence-corrected chi connectivity index (χ1v) is 7.93. The zero-order valence-corrected chi connectivity index (χ0v) is 11.5. The highest BCUT2D eigenvalue weighted by Crippen LogP contribution is 2.21. The molecular formula is C13H20N2O2S. The van der Waals surface area contributed by atoms with E-state index >= 15 is 0 Å². The summed E-state index contributed by atoms with van der Waals surface area (Å²) in [4.78, 5) is 0. The molecule has 0 bridgehead atoms. The fourth-order valence-electron chi connectivity index (χ4n) is 2.27. The Balaban J connectivity index is 2.04. The average molecular weight is 268 g/mol. The van der Waals surface area contributed by atoms with Crippen molar-refractivity contribution in [3.8, 4) is 0 Å². The van der Waals surface area contributed by atoms with Gasteiger partial charge < -0.3 is 5.32 Å². The van der Waals surface area contributed by atoms with E-state index in [9.17, 15) is 8.42 Å². The summed E-state index contributed by atoms with van der Waals surface area (Å²) in [6.07, 6.45) is 1.48. The minimum absolute atomic E-state index is 0.232. The third-order valence-corrected chi connectivity index (χ3v) is 5.22. The Bertz CT molecular complexity index is 499. The predicted molar refractivity (Wildman–Crippen MR) is 72.9 cm³/mol. The predicted octanol–water partition coefficient (Wildman–Crippen LogP) is 0.984. The van der Waals surface area contributed by atoms with E-state index in [1.165, 1.54) is 5.56 Å². The molecule has 0 aliphatic carbocycles. The summed E-state index contributed by atoms with van der Waals surface area (Å²) in [5.41, 5.74) is 2.42. The zero-order chi connectivity index (χ0) is 13.0. The Morgan fingerprint density at radius 3 is 2.72 bits per heavy atom. The van der Waals surface area contributed by atoms with Crippen LogP contribution < -0.4 is 5.32 Å². The lowest BCUT2D eigenvalue weighted by Crippen LogP contribution is -2.37. The number of fused-ring (bicyclic) bond motifs is 1. The second-order valence-electron chi connectivity index (χ2n) is 4.63. The Hall–Kier alpha value is -0.910. The molecule has 0 unspecified atom stereocenters. The highest BCUT2D eigenvalue weighted by atomic mass is 32.2. The van der Waals surface area contributed by atoms with E-state index in [1.54, 1.807) is 4.31 Å². The Kier molecular flexibility index (Phi) is 4.37. The zero-order valence-electron chi connectivity index (χ0n) is 10.7. The molecule has 0 saturated carbocycles. The quantitative estimate of drug-likeness (QED) is 0.810. The van der Waals surface area contributed by atoms with Gasteiger partial charge >= 0.3 is 0 Å². The number of nitrogens with one attached hydrogen (secondary N) is 1. The molecular weight excluding hydrogens is 248 g/mol. The number of rotatable bonds is 5. The van der Waals surface area contributed by atoms with Gasteiger partial charge in [-0.1, -0.05) is 24.3 Å². The minimum Gasteiger partial charge on any atom is -0.320 e. The summed E-state index contributed by atoms with van der Waals surface area (Å²) in [6, 6.07) is 8.08. The molecule has 1 aliphatic heterocycles. The van der Waals surface area contributed by atoms with Gasteiger partial charge in [0.2, 0.25) is 10.0 Å². The summed E-state index contributed by atoms with van der Waals surface area (Å²) in [5.74, 6) is 0.232. The van der Waals surface area contributed by atoms with Crippen molar-refractivity contribution in [2.45, 2.75) is 19.4 Å². The van der Waals surface area contributed by atoms with Gasteiger partial charge in [0.05, 0.1) is 5.75 Å². The normalized spacial score (nSPS) is 16.5. The molecule has 1 N–H and O–H groups in total. The first-order valence-electron chi connectivity index (χ1n) is 6.33. The van der Waals surface area contributed by atoms with Crippen molar-refractivity contribution in [1.82, 2.24) is 9.62 Å². The molecule has 1 aliphatic rings. The maximum absolute atomic E-state index is 12.2. The van der Waals surface area contributed by atoms with Gasteiger partial charge in [0.25, 0.3) is 0 Å². The fourth-order valence-corrected chi connectivity index (χ4v) is 3.74. The van der Waals surface area contributed by atoms with Crippen LogP contribution in [0.4, 0.5) is 0 Å². The van der Waals surface area contributed by atoms with E-state index in [-0.39, 0.29) is 5.75 Å². The van der Waals surface area contributed by atoms with Crippen LogP contribution in [0.3, 0.4) is 0 Å².